The summed E-state index contributed by atoms with van der Waals surface area (Å²) in [5.74, 6) is 1.86. The van der Waals surface area contributed by atoms with Crippen molar-refractivity contribution in [3.63, 3.8) is 0 Å². The minimum Gasteiger partial charge on any atom is -0.485 e. The molecule has 0 atom stereocenters. The largest absolute Gasteiger partial charge is 0.485 e. The SMILES string of the molecule is Cc1cccc(CN2CCN(C(=O)c3ccc(COc4c(C)cccc4C)o3)CC2)c1. The first-order valence-electron chi connectivity index (χ1n) is 10.8. The third-order valence-corrected chi connectivity index (χ3v) is 5.79. The minimum absolute atomic E-state index is 0.0477. The molecule has 0 saturated carbocycles. The number of furan rings is 1. The normalized spacial score (nSPS) is 14.6. The minimum atomic E-state index is -0.0477. The van der Waals surface area contributed by atoms with Crippen molar-refractivity contribution < 1.29 is 13.9 Å². The maximum absolute atomic E-state index is 12.9. The summed E-state index contributed by atoms with van der Waals surface area (Å²) in [5.41, 5.74) is 4.78. The maximum Gasteiger partial charge on any atom is 0.289 e. The van der Waals surface area contributed by atoms with Crippen LogP contribution in [0.15, 0.2) is 59.0 Å². The van der Waals surface area contributed by atoms with Crippen molar-refractivity contribution in [2.45, 2.75) is 33.9 Å². The monoisotopic (exact) mass is 418 g/mol. The molecule has 1 amide bonds. The van der Waals surface area contributed by atoms with Crippen molar-refractivity contribution in [1.82, 2.24) is 9.80 Å². The lowest BCUT2D eigenvalue weighted by Crippen LogP contribution is -2.48. The van der Waals surface area contributed by atoms with Crippen molar-refractivity contribution in [1.29, 1.82) is 0 Å². The fourth-order valence-corrected chi connectivity index (χ4v) is 4.07. The molecule has 1 saturated heterocycles. The number of aryl methyl sites for hydroxylation is 3. The Kier molecular flexibility index (Phi) is 6.42. The molecule has 4 rings (SSSR count). The molecular weight excluding hydrogens is 388 g/mol. The fraction of sp³-hybridized carbons (Fsp3) is 0.346. The Morgan fingerprint density at radius 1 is 0.935 bits per heavy atom. The predicted molar refractivity (Wildman–Crippen MR) is 121 cm³/mol. The Balaban J connectivity index is 1.30. The number of para-hydroxylation sites is 1. The summed E-state index contributed by atoms with van der Waals surface area (Å²) in [4.78, 5) is 17.1. The van der Waals surface area contributed by atoms with Crippen LogP contribution in [0.3, 0.4) is 0 Å². The van der Waals surface area contributed by atoms with Crippen LogP contribution in [0.5, 0.6) is 5.75 Å². The van der Waals surface area contributed by atoms with Crippen LogP contribution in [0.25, 0.3) is 0 Å². The second-order valence-corrected chi connectivity index (χ2v) is 8.33. The average molecular weight is 419 g/mol. The second-order valence-electron chi connectivity index (χ2n) is 8.33. The van der Waals surface area contributed by atoms with Gasteiger partial charge >= 0.3 is 0 Å². The highest BCUT2D eigenvalue weighted by Crippen LogP contribution is 2.24. The zero-order valence-electron chi connectivity index (χ0n) is 18.6. The van der Waals surface area contributed by atoms with E-state index in [2.05, 4.69) is 36.1 Å². The Morgan fingerprint density at radius 3 is 2.35 bits per heavy atom. The summed E-state index contributed by atoms with van der Waals surface area (Å²) in [5, 5.41) is 0. The second kappa shape index (κ2) is 9.40. The van der Waals surface area contributed by atoms with Gasteiger partial charge in [-0.1, -0.05) is 48.0 Å². The van der Waals surface area contributed by atoms with E-state index in [1.807, 2.05) is 43.0 Å². The van der Waals surface area contributed by atoms with Crippen molar-refractivity contribution in [2.24, 2.45) is 0 Å². The summed E-state index contributed by atoms with van der Waals surface area (Å²) < 4.78 is 11.8. The van der Waals surface area contributed by atoms with Gasteiger partial charge in [-0.05, 0) is 49.6 Å². The number of carbonyl (C=O) groups is 1. The van der Waals surface area contributed by atoms with E-state index in [9.17, 15) is 4.79 Å². The molecule has 3 aromatic rings. The van der Waals surface area contributed by atoms with Crippen LogP contribution in [0.1, 0.15) is 38.6 Å². The first-order chi connectivity index (χ1) is 15.0. The van der Waals surface area contributed by atoms with E-state index in [-0.39, 0.29) is 5.91 Å². The van der Waals surface area contributed by atoms with Crippen LogP contribution in [-0.4, -0.2) is 41.9 Å². The number of piperazine rings is 1. The van der Waals surface area contributed by atoms with Gasteiger partial charge in [0.2, 0.25) is 0 Å². The highest BCUT2D eigenvalue weighted by atomic mass is 16.5. The average Bonchev–Trinajstić information content (AvgIpc) is 3.22. The number of amides is 1. The molecule has 0 unspecified atom stereocenters. The summed E-state index contributed by atoms with van der Waals surface area (Å²) in [6, 6.07) is 18.3. The van der Waals surface area contributed by atoms with E-state index < -0.39 is 0 Å². The van der Waals surface area contributed by atoms with E-state index in [0.717, 1.165) is 36.5 Å². The first kappa shape index (κ1) is 21.2. The Hall–Kier alpha value is -3.05. The smallest absolute Gasteiger partial charge is 0.289 e. The fourth-order valence-electron chi connectivity index (χ4n) is 4.07. The number of hydrogen-bond acceptors (Lipinski definition) is 4. The standard InChI is InChI=1S/C26H30N2O3/c1-19-6-4-9-22(16-19)17-27-12-14-28(15-13-27)26(29)24-11-10-23(31-24)18-30-25-20(2)7-5-8-21(25)3/h4-11,16H,12-15,17-18H2,1-3H3. The third-order valence-electron chi connectivity index (χ3n) is 5.79. The van der Waals surface area contributed by atoms with Gasteiger partial charge in [0, 0.05) is 32.7 Å². The Bertz CT molecular complexity index is 1030. The molecule has 31 heavy (non-hydrogen) atoms. The molecule has 0 aliphatic carbocycles. The molecule has 1 aliphatic heterocycles. The molecule has 0 bridgehead atoms. The number of hydrogen-bond donors (Lipinski definition) is 0. The molecule has 1 aliphatic rings. The molecule has 1 fully saturated rings. The summed E-state index contributed by atoms with van der Waals surface area (Å²) in [6.45, 7) is 10.5. The lowest BCUT2D eigenvalue weighted by Gasteiger charge is -2.34. The van der Waals surface area contributed by atoms with Gasteiger partial charge in [0.1, 0.15) is 18.1 Å². The Labute approximate surface area is 184 Å². The Morgan fingerprint density at radius 2 is 1.65 bits per heavy atom. The van der Waals surface area contributed by atoms with Crippen LogP contribution < -0.4 is 4.74 Å². The number of benzene rings is 2. The van der Waals surface area contributed by atoms with Crippen molar-refractivity contribution in [3.05, 3.63) is 88.4 Å². The number of ether oxygens (including phenoxy) is 1. The van der Waals surface area contributed by atoms with Gasteiger partial charge in [0.05, 0.1) is 0 Å². The topological polar surface area (TPSA) is 45.9 Å². The molecule has 5 nitrogen and oxygen atoms in total. The maximum atomic E-state index is 12.9. The van der Waals surface area contributed by atoms with Crippen LogP contribution >= 0.6 is 0 Å². The first-order valence-corrected chi connectivity index (χ1v) is 10.8. The molecule has 0 spiro atoms. The highest BCUT2D eigenvalue weighted by molar-refractivity contribution is 5.91. The molecule has 0 radical (unpaired) electrons. The van der Waals surface area contributed by atoms with Gasteiger partial charge in [-0.2, -0.15) is 0 Å². The molecular formula is C26H30N2O3. The highest BCUT2D eigenvalue weighted by Gasteiger charge is 2.24. The van der Waals surface area contributed by atoms with Crippen molar-refractivity contribution >= 4 is 5.91 Å². The van der Waals surface area contributed by atoms with Gasteiger partial charge in [-0.3, -0.25) is 9.69 Å². The van der Waals surface area contributed by atoms with Gasteiger partial charge < -0.3 is 14.1 Å². The van der Waals surface area contributed by atoms with Crippen LogP contribution in [0, 0.1) is 20.8 Å². The molecule has 0 N–H and O–H groups in total. The summed E-state index contributed by atoms with van der Waals surface area (Å²) >= 11 is 0. The van der Waals surface area contributed by atoms with E-state index >= 15 is 0 Å². The number of carbonyl (C=O) groups excluding carboxylic acids is 1. The van der Waals surface area contributed by atoms with Gasteiger partial charge in [-0.15, -0.1) is 0 Å². The number of rotatable bonds is 6. The zero-order chi connectivity index (χ0) is 21.8. The zero-order valence-corrected chi connectivity index (χ0v) is 18.6. The number of nitrogens with zero attached hydrogens (tertiary/aromatic N) is 2. The van der Waals surface area contributed by atoms with Crippen LogP contribution in [0.2, 0.25) is 0 Å². The van der Waals surface area contributed by atoms with E-state index in [4.69, 9.17) is 9.15 Å². The summed E-state index contributed by atoms with van der Waals surface area (Å²) in [7, 11) is 0. The van der Waals surface area contributed by atoms with Gasteiger partial charge in [0.25, 0.3) is 5.91 Å². The quantitative estimate of drug-likeness (QED) is 0.580. The van der Waals surface area contributed by atoms with E-state index in [0.29, 0.717) is 31.2 Å². The molecule has 1 aromatic heterocycles. The third kappa shape index (κ3) is 5.17. The van der Waals surface area contributed by atoms with Gasteiger partial charge in [-0.25, -0.2) is 0 Å². The lowest BCUT2D eigenvalue weighted by molar-refractivity contribution is 0.0594. The van der Waals surface area contributed by atoms with Crippen LogP contribution in [-0.2, 0) is 13.2 Å². The predicted octanol–water partition coefficient (Wildman–Crippen LogP) is 4.74. The van der Waals surface area contributed by atoms with Crippen molar-refractivity contribution in [3.8, 4) is 5.75 Å². The molecule has 5 heteroatoms. The molecule has 2 aromatic carbocycles. The lowest BCUT2D eigenvalue weighted by atomic mass is 10.1. The molecule has 162 valence electrons. The van der Waals surface area contributed by atoms with E-state index in [1.165, 1.54) is 11.1 Å². The van der Waals surface area contributed by atoms with E-state index in [1.54, 1.807) is 6.07 Å². The summed E-state index contributed by atoms with van der Waals surface area (Å²) in [6.07, 6.45) is 0. The van der Waals surface area contributed by atoms with Crippen molar-refractivity contribution in [2.75, 3.05) is 26.2 Å². The molecule has 2 heterocycles. The van der Waals surface area contributed by atoms with Gasteiger partial charge in [0.15, 0.2) is 5.76 Å². The van der Waals surface area contributed by atoms with Crippen LogP contribution in [0.4, 0.5) is 0 Å².